The van der Waals surface area contributed by atoms with Crippen molar-refractivity contribution in [2.24, 2.45) is 0 Å². The fraction of sp³-hybridized carbons (Fsp3) is 0.783. The maximum absolute atomic E-state index is 13.7. The Morgan fingerprint density at radius 2 is 1.84 bits per heavy atom. The largest absolute Gasteiger partial charge is 0.444 e. The highest BCUT2D eigenvalue weighted by molar-refractivity contribution is 5.67. The molecule has 0 saturated heterocycles. The van der Waals surface area contributed by atoms with Crippen molar-refractivity contribution < 1.29 is 18.7 Å². The van der Waals surface area contributed by atoms with E-state index in [-0.39, 0.29) is 18.1 Å². The van der Waals surface area contributed by atoms with Crippen molar-refractivity contribution in [3.63, 3.8) is 0 Å². The standard InChI is InChI=1S/C23H41FN4O3/c1-7-9-11-12-18(27-21-26-17(3)14-20(24)28-21)16-30-19(13-10-8-2)15-25-22(29)31-23(4,5)6/h14,18-19H,7-13,15-16H2,1-6H3,(H,25,29)(H,26,27,28). The number of aryl methyl sites for hydroxylation is 1. The molecule has 0 radical (unpaired) electrons. The molecule has 7 nitrogen and oxygen atoms in total. The quantitative estimate of drug-likeness (QED) is 0.298. The molecule has 1 amide bonds. The number of anilines is 1. The number of alkyl carbamates (subject to hydrolysis) is 1. The van der Waals surface area contributed by atoms with Gasteiger partial charge >= 0.3 is 6.09 Å². The van der Waals surface area contributed by atoms with Gasteiger partial charge < -0.3 is 20.1 Å². The first kappa shape index (κ1) is 27.1. The highest BCUT2D eigenvalue weighted by atomic mass is 19.1. The molecule has 0 bridgehead atoms. The molecular weight excluding hydrogens is 399 g/mol. The molecule has 1 aromatic heterocycles. The number of nitrogens with zero attached hydrogens (tertiary/aromatic N) is 2. The third-order valence-electron chi connectivity index (χ3n) is 4.60. The van der Waals surface area contributed by atoms with Crippen LogP contribution in [0.15, 0.2) is 6.07 Å². The molecule has 0 aliphatic rings. The van der Waals surface area contributed by atoms with Crippen molar-refractivity contribution in [2.75, 3.05) is 18.5 Å². The van der Waals surface area contributed by atoms with Crippen molar-refractivity contribution in [1.29, 1.82) is 0 Å². The van der Waals surface area contributed by atoms with Gasteiger partial charge in [0.2, 0.25) is 11.9 Å². The normalized spacial score (nSPS) is 13.5. The van der Waals surface area contributed by atoms with E-state index < -0.39 is 17.6 Å². The number of aromatic nitrogens is 2. The molecule has 1 rings (SSSR count). The van der Waals surface area contributed by atoms with E-state index in [9.17, 15) is 9.18 Å². The van der Waals surface area contributed by atoms with Crippen molar-refractivity contribution >= 4 is 12.0 Å². The summed E-state index contributed by atoms with van der Waals surface area (Å²) in [6.45, 7) is 12.3. The number of carbonyl (C=O) groups is 1. The van der Waals surface area contributed by atoms with Crippen LogP contribution in [0, 0.1) is 12.9 Å². The summed E-state index contributed by atoms with van der Waals surface area (Å²) in [4.78, 5) is 20.1. The Labute approximate surface area is 186 Å². The summed E-state index contributed by atoms with van der Waals surface area (Å²) in [7, 11) is 0. The SMILES string of the molecule is CCCCCC(COC(CCCC)CNC(=O)OC(C)(C)C)Nc1nc(C)cc(F)n1. The fourth-order valence-electron chi connectivity index (χ4n) is 3.05. The smallest absolute Gasteiger partial charge is 0.407 e. The van der Waals surface area contributed by atoms with Gasteiger partial charge in [0, 0.05) is 18.3 Å². The first-order valence-corrected chi connectivity index (χ1v) is 11.5. The van der Waals surface area contributed by atoms with Crippen molar-refractivity contribution in [3.05, 3.63) is 17.7 Å². The molecule has 0 aliphatic heterocycles. The van der Waals surface area contributed by atoms with Gasteiger partial charge in [0.25, 0.3) is 0 Å². The Bertz CT molecular complexity index is 632. The van der Waals surface area contributed by atoms with E-state index >= 15 is 0 Å². The van der Waals surface area contributed by atoms with Gasteiger partial charge in [-0.2, -0.15) is 9.37 Å². The number of hydrogen-bond acceptors (Lipinski definition) is 6. The van der Waals surface area contributed by atoms with Crippen LogP contribution in [-0.4, -0.2) is 47.0 Å². The molecular formula is C23H41FN4O3. The summed E-state index contributed by atoms with van der Waals surface area (Å²) in [6, 6.07) is 1.26. The van der Waals surface area contributed by atoms with Crippen LogP contribution in [0.25, 0.3) is 0 Å². The zero-order chi connectivity index (χ0) is 23.3. The second-order valence-electron chi connectivity index (χ2n) is 8.97. The highest BCUT2D eigenvalue weighted by Gasteiger charge is 2.19. The van der Waals surface area contributed by atoms with E-state index in [0.717, 1.165) is 44.9 Å². The summed E-state index contributed by atoms with van der Waals surface area (Å²) >= 11 is 0. The predicted octanol–water partition coefficient (Wildman–Crippen LogP) is 5.39. The lowest BCUT2D eigenvalue weighted by Crippen LogP contribution is -2.39. The molecule has 2 atom stereocenters. The molecule has 0 fully saturated rings. The van der Waals surface area contributed by atoms with Gasteiger partial charge in [-0.3, -0.25) is 0 Å². The molecule has 0 aromatic carbocycles. The number of hydrogen-bond donors (Lipinski definition) is 2. The van der Waals surface area contributed by atoms with E-state index in [4.69, 9.17) is 9.47 Å². The third-order valence-corrected chi connectivity index (χ3v) is 4.60. The van der Waals surface area contributed by atoms with E-state index in [1.165, 1.54) is 6.07 Å². The highest BCUT2D eigenvalue weighted by Crippen LogP contribution is 2.13. The van der Waals surface area contributed by atoms with Gasteiger partial charge in [0.1, 0.15) is 5.60 Å². The molecule has 0 aliphatic carbocycles. The average Bonchev–Trinajstić information content (AvgIpc) is 2.65. The average molecular weight is 441 g/mol. The van der Waals surface area contributed by atoms with Gasteiger partial charge in [0.05, 0.1) is 18.8 Å². The summed E-state index contributed by atoms with van der Waals surface area (Å²) in [5.41, 5.74) is 0.0342. The monoisotopic (exact) mass is 440 g/mol. The van der Waals surface area contributed by atoms with E-state index in [0.29, 0.717) is 18.8 Å². The lowest BCUT2D eigenvalue weighted by Gasteiger charge is -2.25. The van der Waals surface area contributed by atoms with Crippen LogP contribution in [0.4, 0.5) is 15.1 Å². The lowest BCUT2D eigenvalue weighted by molar-refractivity contribution is 0.0270. The van der Waals surface area contributed by atoms with Crippen LogP contribution in [0.1, 0.15) is 85.3 Å². The molecule has 0 spiro atoms. The van der Waals surface area contributed by atoms with Crippen LogP contribution >= 0.6 is 0 Å². The summed E-state index contributed by atoms with van der Waals surface area (Å²) in [5, 5.41) is 6.04. The number of carbonyl (C=O) groups excluding carboxylic acids is 1. The molecule has 2 unspecified atom stereocenters. The van der Waals surface area contributed by atoms with Crippen LogP contribution < -0.4 is 10.6 Å². The molecule has 8 heteroatoms. The van der Waals surface area contributed by atoms with Gasteiger partial charge in [-0.1, -0.05) is 46.0 Å². The maximum Gasteiger partial charge on any atom is 0.407 e. The third kappa shape index (κ3) is 13.1. The summed E-state index contributed by atoms with van der Waals surface area (Å²) in [6.07, 6.45) is 6.43. The minimum absolute atomic E-state index is 0.0431. The number of halogens is 1. The molecule has 1 aromatic rings. The lowest BCUT2D eigenvalue weighted by atomic mass is 10.1. The summed E-state index contributed by atoms with van der Waals surface area (Å²) < 4.78 is 25.1. The Balaban J connectivity index is 2.70. The molecule has 0 saturated carbocycles. The molecule has 31 heavy (non-hydrogen) atoms. The zero-order valence-electron chi connectivity index (χ0n) is 20.1. The minimum Gasteiger partial charge on any atom is -0.444 e. The van der Waals surface area contributed by atoms with Crippen LogP contribution in [0.2, 0.25) is 0 Å². The molecule has 1 heterocycles. The minimum atomic E-state index is -0.550. The number of nitrogens with one attached hydrogen (secondary N) is 2. The topological polar surface area (TPSA) is 85.4 Å². The van der Waals surface area contributed by atoms with Gasteiger partial charge in [0.15, 0.2) is 0 Å². The van der Waals surface area contributed by atoms with E-state index in [2.05, 4.69) is 34.4 Å². The Kier molecular flexibility index (Phi) is 12.4. The Morgan fingerprint density at radius 3 is 2.45 bits per heavy atom. The Morgan fingerprint density at radius 1 is 1.13 bits per heavy atom. The first-order chi connectivity index (χ1) is 14.6. The number of amides is 1. The van der Waals surface area contributed by atoms with Crippen molar-refractivity contribution in [3.8, 4) is 0 Å². The second kappa shape index (κ2) is 14.2. The number of ether oxygens (including phenoxy) is 2. The predicted molar refractivity (Wildman–Crippen MR) is 122 cm³/mol. The Hall–Kier alpha value is -1.96. The van der Waals surface area contributed by atoms with Gasteiger partial charge in [-0.25, -0.2) is 9.78 Å². The number of rotatable bonds is 14. The van der Waals surface area contributed by atoms with Crippen molar-refractivity contribution in [1.82, 2.24) is 15.3 Å². The number of unbranched alkanes of at least 4 members (excludes halogenated alkanes) is 3. The first-order valence-electron chi connectivity index (χ1n) is 11.5. The summed E-state index contributed by atoms with van der Waals surface area (Å²) in [5.74, 6) is -0.273. The van der Waals surface area contributed by atoms with Crippen LogP contribution in [-0.2, 0) is 9.47 Å². The maximum atomic E-state index is 13.7. The van der Waals surface area contributed by atoms with Gasteiger partial charge in [-0.15, -0.1) is 0 Å². The fourth-order valence-corrected chi connectivity index (χ4v) is 3.05. The van der Waals surface area contributed by atoms with Crippen LogP contribution in [0.3, 0.4) is 0 Å². The van der Waals surface area contributed by atoms with Crippen LogP contribution in [0.5, 0.6) is 0 Å². The molecule has 2 N–H and O–H groups in total. The molecule has 178 valence electrons. The van der Waals surface area contributed by atoms with Crippen molar-refractivity contribution in [2.45, 2.75) is 104 Å². The van der Waals surface area contributed by atoms with E-state index in [1.807, 2.05) is 20.8 Å². The van der Waals surface area contributed by atoms with E-state index in [1.54, 1.807) is 6.92 Å². The van der Waals surface area contributed by atoms with Gasteiger partial charge in [-0.05, 0) is 40.5 Å². The zero-order valence-corrected chi connectivity index (χ0v) is 20.1. The second-order valence-corrected chi connectivity index (χ2v) is 8.97.